The van der Waals surface area contributed by atoms with Crippen LogP contribution in [0.25, 0.3) is 0 Å². The number of ketones is 1. The highest BCUT2D eigenvalue weighted by Gasteiger charge is 2.33. The molecule has 2 aromatic rings. The van der Waals surface area contributed by atoms with Gasteiger partial charge in [-0.2, -0.15) is 0 Å². The quantitative estimate of drug-likeness (QED) is 0.926. The summed E-state index contributed by atoms with van der Waals surface area (Å²) in [6.07, 6.45) is -0.555. The minimum atomic E-state index is -0.816. The van der Waals surface area contributed by atoms with Crippen molar-refractivity contribution in [2.75, 3.05) is 5.32 Å². The third-order valence-electron chi connectivity index (χ3n) is 4.13. The summed E-state index contributed by atoms with van der Waals surface area (Å²) in [6.45, 7) is 3.40. The lowest BCUT2D eigenvalue weighted by molar-refractivity contribution is -0.122. The van der Waals surface area contributed by atoms with Gasteiger partial charge in [-0.15, -0.1) is 0 Å². The Morgan fingerprint density at radius 1 is 1.25 bits per heavy atom. The Kier molecular flexibility index (Phi) is 4.34. The Morgan fingerprint density at radius 3 is 2.67 bits per heavy atom. The molecule has 2 atom stereocenters. The number of hydrogen-bond acceptors (Lipinski definition) is 3. The van der Waals surface area contributed by atoms with Gasteiger partial charge in [-0.05, 0) is 37.1 Å². The molecule has 0 bridgehead atoms. The van der Waals surface area contributed by atoms with E-state index >= 15 is 0 Å². The van der Waals surface area contributed by atoms with Gasteiger partial charge >= 0.3 is 0 Å². The van der Waals surface area contributed by atoms with Crippen LogP contribution in [0, 0.1) is 5.82 Å². The van der Waals surface area contributed by atoms with Crippen LogP contribution in [-0.4, -0.2) is 17.8 Å². The van der Waals surface area contributed by atoms with Crippen LogP contribution in [0.15, 0.2) is 42.5 Å². The average Bonchev–Trinajstić information content (AvgIpc) is 2.86. The molecule has 4 nitrogen and oxygen atoms in total. The van der Waals surface area contributed by atoms with E-state index in [1.165, 1.54) is 12.1 Å². The number of hydrogen-bond donors (Lipinski definition) is 1. The van der Waals surface area contributed by atoms with Gasteiger partial charge in [0.1, 0.15) is 11.6 Å². The smallest absolute Gasteiger partial charge is 0.265 e. The van der Waals surface area contributed by atoms with Crippen LogP contribution in [0.4, 0.5) is 10.1 Å². The number of fused-ring (bicyclic) bond motifs is 1. The van der Waals surface area contributed by atoms with Crippen molar-refractivity contribution in [2.45, 2.75) is 32.3 Å². The Labute approximate surface area is 139 Å². The summed E-state index contributed by atoms with van der Waals surface area (Å²) in [4.78, 5) is 24.4. The monoisotopic (exact) mass is 327 g/mol. The molecule has 0 aromatic heterocycles. The third kappa shape index (κ3) is 3.02. The second kappa shape index (κ2) is 6.43. The molecule has 1 amide bonds. The van der Waals surface area contributed by atoms with Gasteiger partial charge in [0.25, 0.3) is 5.91 Å². The molecule has 0 aliphatic heterocycles. The zero-order valence-corrected chi connectivity index (χ0v) is 13.5. The summed E-state index contributed by atoms with van der Waals surface area (Å²) in [5, 5.41) is 2.74. The van der Waals surface area contributed by atoms with Crippen molar-refractivity contribution in [1.29, 1.82) is 0 Å². The first-order valence-electron chi connectivity index (χ1n) is 7.85. The van der Waals surface area contributed by atoms with Gasteiger partial charge in [-0.25, -0.2) is 4.39 Å². The second-order valence-corrected chi connectivity index (χ2v) is 5.98. The molecule has 24 heavy (non-hydrogen) atoms. The molecule has 0 unspecified atom stereocenters. The number of ether oxygens (including phenoxy) is 1. The van der Waals surface area contributed by atoms with Gasteiger partial charge in [0.2, 0.25) is 0 Å². The summed E-state index contributed by atoms with van der Waals surface area (Å²) in [5.41, 5.74) is 1.31. The molecule has 1 aliphatic rings. The molecular formula is C19H18FNO3. The predicted octanol–water partition coefficient (Wildman–Crippen LogP) is 3.92. The van der Waals surface area contributed by atoms with E-state index in [-0.39, 0.29) is 35.3 Å². The largest absolute Gasteiger partial charge is 0.480 e. The van der Waals surface area contributed by atoms with Crippen molar-refractivity contribution in [1.82, 2.24) is 0 Å². The van der Waals surface area contributed by atoms with Crippen LogP contribution < -0.4 is 10.1 Å². The van der Waals surface area contributed by atoms with E-state index in [4.69, 9.17) is 4.74 Å². The third-order valence-corrected chi connectivity index (χ3v) is 4.13. The van der Waals surface area contributed by atoms with Crippen molar-refractivity contribution in [3.8, 4) is 5.75 Å². The molecule has 124 valence electrons. The molecule has 0 spiro atoms. The fraction of sp³-hybridized carbons (Fsp3) is 0.263. The van der Waals surface area contributed by atoms with Crippen molar-refractivity contribution < 1.29 is 18.7 Å². The number of rotatable bonds is 4. The van der Waals surface area contributed by atoms with Gasteiger partial charge in [-0.1, -0.05) is 25.1 Å². The summed E-state index contributed by atoms with van der Waals surface area (Å²) in [7, 11) is 0. The number of benzene rings is 2. The van der Waals surface area contributed by atoms with Crippen molar-refractivity contribution in [3.63, 3.8) is 0 Å². The first-order chi connectivity index (χ1) is 11.5. The summed E-state index contributed by atoms with van der Waals surface area (Å²) < 4.78 is 19.7. The van der Waals surface area contributed by atoms with Crippen LogP contribution in [0.5, 0.6) is 5.75 Å². The van der Waals surface area contributed by atoms with E-state index in [1.807, 2.05) is 25.1 Å². The molecule has 0 radical (unpaired) electrons. The molecule has 0 heterocycles. The number of carbonyl (C=O) groups is 2. The minimum Gasteiger partial charge on any atom is -0.480 e. The number of carbonyl (C=O) groups excluding carboxylic acids is 2. The molecule has 0 fully saturated rings. The number of para-hydroxylation sites is 1. The molecule has 5 heteroatoms. The van der Waals surface area contributed by atoms with Crippen molar-refractivity contribution in [2.24, 2.45) is 0 Å². The van der Waals surface area contributed by atoms with E-state index in [1.54, 1.807) is 19.1 Å². The highest BCUT2D eigenvalue weighted by atomic mass is 19.1. The van der Waals surface area contributed by atoms with Crippen LogP contribution >= 0.6 is 0 Å². The topological polar surface area (TPSA) is 55.4 Å². The van der Waals surface area contributed by atoms with Gasteiger partial charge in [0.15, 0.2) is 11.9 Å². The van der Waals surface area contributed by atoms with Gasteiger partial charge < -0.3 is 10.1 Å². The van der Waals surface area contributed by atoms with Gasteiger partial charge in [0.05, 0.1) is 5.56 Å². The van der Waals surface area contributed by atoms with E-state index < -0.39 is 11.9 Å². The Hall–Kier alpha value is -2.69. The molecule has 0 saturated heterocycles. The lowest BCUT2D eigenvalue weighted by Crippen LogP contribution is -2.30. The highest BCUT2D eigenvalue weighted by Crippen LogP contribution is 2.40. The first kappa shape index (κ1) is 16.2. The number of Topliss-reactive ketones (excluding diaryl/α,β-unsaturated/α-hetero) is 1. The van der Waals surface area contributed by atoms with E-state index in [2.05, 4.69) is 5.32 Å². The lowest BCUT2D eigenvalue weighted by atomic mass is 10.0. The Morgan fingerprint density at radius 2 is 1.96 bits per heavy atom. The lowest BCUT2D eigenvalue weighted by Gasteiger charge is -2.17. The average molecular weight is 327 g/mol. The summed E-state index contributed by atoms with van der Waals surface area (Å²) >= 11 is 0. The van der Waals surface area contributed by atoms with Crippen molar-refractivity contribution >= 4 is 17.4 Å². The number of anilines is 1. The van der Waals surface area contributed by atoms with Gasteiger partial charge in [0, 0.05) is 17.7 Å². The fourth-order valence-electron chi connectivity index (χ4n) is 2.93. The first-order valence-corrected chi connectivity index (χ1v) is 7.85. The molecule has 2 aromatic carbocycles. The van der Waals surface area contributed by atoms with Crippen LogP contribution in [0.3, 0.4) is 0 Å². The standard InChI is InChI=1S/C19H18FNO3/c1-11-10-15(22)18-16(9-8-14(20)17(11)18)24-12(2)19(23)21-13-6-4-3-5-7-13/h3-9,11-12H,10H2,1-2H3,(H,21,23)/t11-,12-/m1/s1. The second-order valence-electron chi connectivity index (χ2n) is 5.98. The van der Waals surface area contributed by atoms with Crippen molar-refractivity contribution in [3.05, 3.63) is 59.4 Å². The molecule has 0 saturated carbocycles. The molecule has 1 N–H and O–H groups in total. The highest BCUT2D eigenvalue weighted by molar-refractivity contribution is 6.04. The maximum Gasteiger partial charge on any atom is 0.265 e. The fourth-order valence-corrected chi connectivity index (χ4v) is 2.93. The maximum absolute atomic E-state index is 14.0. The van der Waals surface area contributed by atoms with Gasteiger partial charge in [-0.3, -0.25) is 9.59 Å². The number of amides is 1. The number of halogens is 1. The minimum absolute atomic E-state index is 0.150. The molecular weight excluding hydrogens is 309 g/mol. The summed E-state index contributed by atoms with van der Waals surface area (Å²) in [6, 6.07) is 11.7. The maximum atomic E-state index is 14.0. The SMILES string of the molecule is C[C@@H]1CC(=O)c2c(O[C@H](C)C(=O)Nc3ccccc3)ccc(F)c21. The van der Waals surface area contributed by atoms with E-state index in [9.17, 15) is 14.0 Å². The van der Waals surface area contributed by atoms with E-state index in [0.29, 0.717) is 11.3 Å². The Balaban J connectivity index is 1.79. The predicted molar refractivity (Wildman–Crippen MR) is 88.9 cm³/mol. The van der Waals surface area contributed by atoms with Crippen LogP contribution in [-0.2, 0) is 4.79 Å². The zero-order valence-electron chi connectivity index (χ0n) is 13.5. The Bertz CT molecular complexity index is 789. The normalized spacial score (nSPS) is 17.3. The van der Waals surface area contributed by atoms with Crippen LogP contribution in [0.1, 0.15) is 42.1 Å². The van der Waals surface area contributed by atoms with E-state index in [0.717, 1.165) is 0 Å². The van der Waals surface area contributed by atoms with Crippen LogP contribution in [0.2, 0.25) is 0 Å². The zero-order chi connectivity index (χ0) is 17.3. The molecule has 1 aliphatic carbocycles. The number of nitrogens with one attached hydrogen (secondary N) is 1. The summed E-state index contributed by atoms with van der Waals surface area (Å²) in [5.74, 6) is -0.807. The molecule has 3 rings (SSSR count).